The largest absolute Gasteiger partial charge is 0.480 e. The van der Waals surface area contributed by atoms with Gasteiger partial charge >= 0.3 is 11.9 Å². The number of amides is 2. The van der Waals surface area contributed by atoms with Gasteiger partial charge in [0.15, 0.2) is 0 Å². The Balaban J connectivity index is 3.42. The third-order valence-corrected chi connectivity index (χ3v) is 3.95. The van der Waals surface area contributed by atoms with Crippen LogP contribution < -0.4 is 27.4 Å². The summed E-state index contributed by atoms with van der Waals surface area (Å²) in [6.45, 7) is 2.54. The minimum Gasteiger partial charge on any atom is -0.480 e. The Kier molecular flexibility index (Phi) is 14.5. The molecular formula is C17H33N5O6. The van der Waals surface area contributed by atoms with Gasteiger partial charge < -0.3 is 37.6 Å². The standard InChI is InChI=1S/C17H33N5O6/c18-12(16(25)26)4-6-14(23)21-10-2-1-8-20-9-3-11-22-15(24)7-5-13(19)17(27)28/h12-13,20H,1-11,18-19H2,(H,21,23)(H,22,24)(H,25,26)(H,27,28)/t12-,13-/m0/s1. The van der Waals surface area contributed by atoms with Crippen LogP contribution in [0, 0.1) is 0 Å². The molecule has 0 saturated heterocycles. The lowest BCUT2D eigenvalue weighted by Crippen LogP contribution is -2.33. The molecule has 0 aromatic carbocycles. The fourth-order valence-electron chi connectivity index (χ4n) is 2.17. The summed E-state index contributed by atoms with van der Waals surface area (Å²) in [4.78, 5) is 44.1. The van der Waals surface area contributed by atoms with Crippen molar-refractivity contribution in [2.24, 2.45) is 11.5 Å². The smallest absolute Gasteiger partial charge is 0.320 e. The van der Waals surface area contributed by atoms with Crippen LogP contribution in [0.25, 0.3) is 0 Å². The number of unbranched alkanes of at least 4 members (excludes halogenated alkanes) is 1. The van der Waals surface area contributed by atoms with Crippen LogP contribution in [0.1, 0.15) is 44.9 Å². The Bertz CT molecular complexity index is 458. The molecular weight excluding hydrogens is 370 g/mol. The number of carboxylic acid groups (broad SMARTS) is 2. The summed E-state index contributed by atoms with van der Waals surface area (Å²) in [5.74, 6) is -2.64. The van der Waals surface area contributed by atoms with Crippen LogP contribution in [0.15, 0.2) is 0 Å². The number of hydrogen-bond donors (Lipinski definition) is 7. The van der Waals surface area contributed by atoms with Crippen molar-refractivity contribution >= 4 is 23.8 Å². The highest BCUT2D eigenvalue weighted by Crippen LogP contribution is 1.96. The van der Waals surface area contributed by atoms with Crippen LogP contribution in [0.3, 0.4) is 0 Å². The molecule has 2 atom stereocenters. The maximum atomic E-state index is 11.5. The first-order valence-electron chi connectivity index (χ1n) is 9.45. The predicted octanol–water partition coefficient (Wildman–Crippen LogP) is -1.64. The van der Waals surface area contributed by atoms with Crippen molar-refractivity contribution in [2.45, 2.75) is 57.0 Å². The minimum absolute atomic E-state index is 0.0921. The van der Waals surface area contributed by atoms with E-state index in [1.165, 1.54) is 0 Å². The van der Waals surface area contributed by atoms with Crippen LogP contribution in [-0.2, 0) is 19.2 Å². The predicted molar refractivity (Wildman–Crippen MR) is 102 cm³/mol. The molecule has 0 aliphatic rings. The molecule has 162 valence electrons. The van der Waals surface area contributed by atoms with Gasteiger partial charge in [0, 0.05) is 25.9 Å². The fourth-order valence-corrected chi connectivity index (χ4v) is 2.17. The SMILES string of the molecule is N[C@@H](CCC(=O)NCCCCNCCCNC(=O)CC[C@H](N)C(=O)O)C(=O)O. The zero-order valence-electron chi connectivity index (χ0n) is 16.1. The van der Waals surface area contributed by atoms with Crippen molar-refractivity contribution in [2.75, 3.05) is 26.2 Å². The number of aliphatic carboxylic acids is 2. The van der Waals surface area contributed by atoms with E-state index in [-0.39, 0.29) is 37.5 Å². The average Bonchev–Trinajstić information content (AvgIpc) is 2.65. The molecule has 0 unspecified atom stereocenters. The first kappa shape index (κ1) is 25.8. The first-order valence-corrected chi connectivity index (χ1v) is 9.45. The number of nitrogens with one attached hydrogen (secondary N) is 3. The zero-order chi connectivity index (χ0) is 21.4. The maximum absolute atomic E-state index is 11.5. The lowest BCUT2D eigenvalue weighted by atomic mass is 10.1. The number of carbonyl (C=O) groups excluding carboxylic acids is 2. The molecule has 0 heterocycles. The molecule has 0 aromatic heterocycles. The fraction of sp³-hybridized carbons (Fsp3) is 0.765. The molecule has 0 bridgehead atoms. The van der Waals surface area contributed by atoms with E-state index in [1.54, 1.807) is 0 Å². The van der Waals surface area contributed by atoms with Crippen LogP contribution in [0.2, 0.25) is 0 Å². The lowest BCUT2D eigenvalue weighted by Gasteiger charge is -2.09. The third kappa shape index (κ3) is 14.9. The lowest BCUT2D eigenvalue weighted by molar-refractivity contribution is -0.139. The minimum atomic E-state index is -1.11. The highest BCUT2D eigenvalue weighted by atomic mass is 16.4. The van der Waals surface area contributed by atoms with E-state index in [4.69, 9.17) is 21.7 Å². The monoisotopic (exact) mass is 403 g/mol. The number of nitrogens with two attached hydrogens (primary N) is 2. The Hall–Kier alpha value is -2.24. The second-order valence-electron chi connectivity index (χ2n) is 6.48. The normalized spacial score (nSPS) is 12.8. The van der Waals surface area contributed by atoms with Gasteiger partial charge in [-0.3, -0.25) is 19.2 Å². The van der Waals surface area contributed by atoms with Gasteiger partial charge in [-0.1, -0.05) is 0 Å². The van der Waals surface area contributed by atoms with Gasteiger partial charge in [0.05, 0.1) is 0 Å². The highest BCUT2D eigenvalue weighted by Gasteiger charge is 2.13. The molecule has 0 aliphatic carbocycles. The molecule has 11 heteroatoms. The highest BCUT2D eigenvalue weighted by molar-refractivity contribution is 5.78. The van der Waals surface area contributed by atoms with Gasteiger partial charge in [0.2, 0.25) is 11.8 Å². The van der Waals surface area contributed by atoms with E-state index in [0.717, 1.165) is 32.4 Å². The van der Waals surface area contributed by atoms with E-state index in [2.05, 4.69) is 16.0 Å². The zero-order valence-corrected chi connectivity index (χ0v) is 16.1. The van der Waals surface area contributed by atoms with Gasteiger partial charge in [0.25, 0.3) is 0 Å². The Morgan fingerprint density at radius 3 is 1.54 bits per heavy atom. The second kappa shape index (κ2) is 15.8. The molecule has 0 radical (unpaired) electrons. The molecule has 0 aromatic rings. The van der Waals surface area contributed by atoms with Crippen molar-refractivity contribution in [3.63, 3.8) is 0 Å². The van der Waals surface area contributed by atoms with E-state index in [0.29, 0.717) is 13.1 Å². The number of carbonyl (C=O) groups is 4. The van der Waals surface area contributed by atoms with Crippen molar-refractivity contribution < 1.29 is 29.4 Å². The number of rotatable bonds is 17. The van der Waals surface area contributed by atoms with Crippen LogP contribution >= 0.6 is 0 Å². The maximum Gasteiger partial charge on any atom is 0.320 e. The Morgan fingerprint density at radius 2 is 1.07 bits per heavy atom. The third-order valence-electron chi connectivity index (χ3n) is 3.95. The molecule has 0 saturated carbocycles. The van der Waals surface area contributed by atoms with E-state index in [1.807, 2.05) is 0 Å². The van der Waals surface area contributed by atoms with E-state index < -0.39 is 24.0 Å². The van der Waals surface area contributed by atoms with Crippen LogP contribution in [0.4, 0.5) is 0 Å². The molecule has 0 spiro atoms. The van der Waals surface area contributed by atoms with E-state index >= 15 is 0 Å². The summed E-state index contributed by atoms with van der Waals surface area (Å²) in [7, 11) is 0. The summed E-state index contributed by atoms with van der Waals surface area (Å²) in [6, 6.07) is -2.03. The summed E-state index contributed by atoms with van der Waals surface area (Å²) >= 11 is 0. The van der Waals surface area contributed by atoms with Crippen LogP contribution in [0.5, 0.6) is 0 Å². The van der Waals surface area contributed by atoms with Crippen molar-refractivity contribution in [1.29, 1.82) is 0 Å². The molecule has 0 fully saturated rings. The molecule has 11 nitrogen and oxygen atoms in total. The molecule has 28 heavy (non-hydrogen) atoms. The molecule has 0 aliphatic heterocycles. The van der Waals surface area contributed by atoms with Gasteiger partial charge in [-0.2, -0.15) is 0 Å². The first-order chi connectivity index (χ1) is 13.2. The second-order valence-corrected chi connectivity index (χ2v) is 6.48. The van der Waals surface area contributed by atoms with E-state index in [9.17, 15) is 19.2 Å². The summed E-state index contributed by atoms with van der Waals surface area (Å²) in [5.41, 5.74) is 10.7. The number of hydrogen-bond acceptors (Lipinski definition) is 7. The van der Waals surface area contributed by atoms with Crippen molar-refractivity contribution in [3.05, 3.63) is 0 Å². The van der Waals surface area contributed by atoms with Crippen molar-refractivity contribution in [1.82, 2.24) is 16.0 Å². The topological polar surface area (TPSA) is 197 Å². The quantitative estimate of drug-likeness (QED) is 0.139. The Labute approximate surface area is 164 Å². The van der Waals surface area contributed by atoms with Gasteiger partial charge in [-0.05, 0) is 45.2 Å². The van der Waals surface area contributed by atoms with Crippen LogP contribution in [-0.4, -0.2) is 72.2 Å². The number of carboxylic acids is 2. The average molecular weight is 403 g/mol. The van der Waals surface area contributed by atoms with Gasteiger partial charge in [0.1, 0.15) is 12.1 Å². The summed E-state index contributed by atoms with van der Waals surface area (Å²) in [6.07, 6.45) is 2.83. The molecule has 9 N–H and O–H groups in total. The Morgan fingerprint density at radius 1 is 0.679 bits per heavy atom. The molecule has 2 amide bonds. The van der Waals surface area contributed by atoms with Crippen molar-refractivity contribution in [3.8, 4) is 0 Å². The summed E-state index contributed by atoms with van der Waals surface area (Å²) < 4.78 is 0. The summed E-state index contributed by atoms with van der Waals surface area (Å²) in [5, 5.41) is 25.9. The molecule has 0 rings (SSSR count). The van der Waals surface area contributed by atoms with Gasteiger partial charge in [-0.25, -0.2) is 0 Å². The van der Waals surface area contributed by atoms with Gasteiger partial charge in [-0.15, -0.1) is 0 Å².